The van der Waals surface area contributed by atoms with Gasteiger partial charge in [0, 0.05) is 38.0 Å². The molecule has 0 radical (unpaired) electrons. The maximum atomic E-state index is 5.44. The molecule has 22 heavy (non-hydrogen) atoms. The van der Waals surface area contributed by atoms with Crippen molar-refractivity contribution >= 4 is 17.3 Å². The molecule has 1 aromatic rings. The molecule has 0 aromatic carbocycles. The zero-order chi connectivity index (χ0) is 16.1. The number of nitrogens with one attached hydrogen (secondary N) is 1. The largest absolute Gasteiger partial charge is 0.381 e. The van der Waals surface area contributed by atoms with Gasteiger partial charge in [0.25, 0.3) is 0 Å². The lowest BCUT2D eigenvalue weighted by atomic mass is 10.1. The highest BCUT2D eigenvalue weighted by atomic mass is 32.1. The third kappa shape index (κ3) is 4.43. The van der Waals surface area contributed by atoms with Gasteiger partial charge in [-0.1, -0.05) is 13.8 Å². The van der Waals surface area contributed by atoms with E-state index in [0.29, 0.717) is 11.8 Å². The molecule has 2 rings (SSSR count). The molecule has 1 aromatic heterocycles. The van der Waals surface area contributed by atoms with Crippen LogP contribution in [0.25, 0.3) is 0 Å². The standard InChI is InChI=1S/C16H28N4OS/c1-11(2)15-12(3)22-14(19-15)8-18-16(17-4)20(5)9-13-6-7-21-10-13/h11,13H,6-10H2,1-5H3,(H,17,18). The minimum absolute atomic E-state index is 0.481. The Morgan fingerprint density at radius 2 is 2.32 bits per heavy atom. The monoisotopic (exact) mass is 324 g/mol. The summed E-state index contributed by atoms with van der Waals surface area (Å²) < 4.78 is 5.44. The van der Waals surface area contributed by atoms with Crippen LogP contribution in [0.1, 0.15) is 41.8 Å². The van der Waals surface area contributed by atoms with E-state index < -0.39 is 0 Å². The molecular weight excluding hydrogens is 296 g/mol. The molecule has 6 heteroatoms. The number of aryl methyl sites for hydroxylation is 1. The van der Waals surface area contributed by atoms with E-state index in [1.165, 1.54) is 10.6 Å². The van der Waals surface area contributed by atoms with Crippen molar-refractivity contribution in [3.8, 4) is 0 Å². The Bertz CT molecular complexity index is 506. The predicted octanol–water partition coefficient (Wildman–Crippen LogP) is 2.62. The second kappa shape index (κ2) is 7.92. The maximum absolute atomic E-state index is 5.44. The van der Waals surface area contributed by atoms with Gasteiger partial charge in [-0.25, -0.2) is 4.98 Å². The number of ether oxygens (including phenoxy) is 1. The molecule has 1 fully saturated rings. The number of thiazole rings is 1. The average Bonchev–Trinajstić information content (AvgIpc) is 3.09. The van der Waals surface area contributed by atoms with Crippen molar-refractivity contribution in [2.75, 3.05) is 33.9 Å². The van der Waals surface area contributed by atoms with Crippen LogP contribution >= 0.6 is 11.3 Å². The molecule has 1 unspecified atom stereocenters. The van der Waals surface area contributed by atoms with E-state index >= 15 is 0 Å². The van der Waals surface area contributed by atoms with Crippen LogP contribution in [0.3, 0.4) is 0 Å². The van der Waals surface area contributed by atoms with Crippen molar-refractivity contribution in [1.82, 2.24) is 15.2 Å². The van der Waals surface area contributed by atoms with Gasteiger partial charge in [0.1, 0.15) is 5.01 Å². The van der Waals surface area contributed by atoms with Crippen LogP contribution in [-0.4, -0.2) is 49.7 Å². The number of nitrogens with zero attached hydrogens (tertiary/aromatic N) is 3. The van der Waals surface area contributed by atoms with Gasteiger partial charge in [0.2, 0.25) is 0 Å². The number of guanidine groups is 1. The van der Waals surface area contributed by atoms with Crippen molar-refractivity contribution in [3.05, 3.63) is 15.6 Å². The van der Waals surface area contributed by atoms with Crippen LogP contribution < -0.4 is 5.32 Å². The average molecular weight is 324 g/mol. The second-order valence-electron chi connectivity index (χ2n) is 6.21. The highest BCUT2D eigenvalue weighted by Crippen LogP contribution is 2.24. The van der Waals surface area contributed by atoms with Gasteiger partial charge in [-0.3, -0.25) is 4.99 Å². The van der Waals surface area contributed by atoms with E-state index in [9.17, 15) is 0 Å². The Morgan fingerprint density at radius 3 is 2.86 bits per heavy atom. The van der Waals surface area contributed by atoms with Gasteiger partial charge in [0.05, 0.1) is 18.8 Å². The Morgan fingerprint density at radius 1 is 1.55 bits per heavy atom. The Kier molecular flexibility index (Phi) is 6.20. The topological polar surface area (TPSA) is 49.8 Å². The highest BCUT2D eigenvalue weighted by Gasteiger charge is 2.19. The van der Waals surface area contributed by atoms with Crippen LogP contribution in [0.5, 0.6) is 0 Å². The number of rotatable bonds is 5. The predicted molar refractivity (Wildman–Crippen MR) is 92.7 cm³/mol. The lowest BCUT2D eigenvalue weighted by Crippen LogP contribution is -2.41. The molecule has 0 amide bonds. The van der Waals surface area contributed by atoms with E-state index in [4.69, 9.17) is 9.72 Å². The van der Waals surface area contributed by atoms with Crippen LogP contribution in [0, 0.1) is 12.8 Å². The first kappa shape index (κ1) is 17.2. The molecule has 1 aliphatic heterocycles. The number of aromatic nitrogens is 1. The van der Waals surface area contributed by atoms with E-state index in [-0.39, 0.29) is 0 Å². The summed E-state index contributed by atoms with van der Waals surface area (Å²) in [5.41, 5.74) is 1.22. The van der Waals surface area contributed by atoms with Crippen molar-refractivity contribution in [2.45, 2.75) is 39.7 Å². The summed E-state index contributed by atoms with van der Waals surface area (Å²) in [6.07, 6.45) is 1.14. The van der Waals surface area contributed by atoms with E-state index in [1.54, 1.807) is 11.3 Å². The SMILES string of the molecule is CN=C(NCc1nc(C(C)C)c(C)s1)N(C)CC1CCOC1. The molecule has 0 aliphatic carbocycles. The molecule has 5 nitrogen and oxygen atoms in total. The smallest absolute Gasteiger partial charge is 0.193 e. The summed E-state index contributed by atoms with van der Waals surface area (Å²) in [5.74, 6) is 2.01. The minimum Gasteiger partial charge on any atom is -0.381 e. The highest BCUT2D eigenvalue weighted by molar-refractivity contribution is 7.11. The molecule has 1 saturated heterocycles. The van der Waals surface area contributed by atoms with Crippen molar-refractivity contribution in [3.63, 3.8) is 0 Å². The zero-order valence-electron chi connectivity index (χ0n) is 14.3. The zero-order valence-corrected chi connectivity index (χ0v) is 15.2. The Balaban J connectivity index is 1.89. The first-order valence-corrected chi connectivity index (χ1v) is 8.78. The van der Waals surface area contributed by atoms with Crippen LogP contribution in [0.4, 0.5) is 0 Å². The first-order valence-electron chi connectivity index (χ1n) is 7.97. The normalized spacial score (nSPS) is 19.0. The van der Waals surface area contributed by atoms with Crippen molar-refractivity contribution in [1.29, 1.82) is 0 Å². The van der Waals surface area contributed by atoms with Crippen LogP contribution in [-0.2, 0) is 11.3 Å². The third-order valence-corrected chi connectivity index (χ3v) is 4.94. The summed E-state index contributed by atoms with van der Waals surface area (Å²) >= 11 is 1.77. The molecule has 1 atom stereocenters. The van der Waals surface area contributed by atoms with Gasteiger partial charge in [0.15, 0.2) is 5.96 Å². The molecule has 1 N–H and O–H groups in total. The summed E-state index contributed by atoms with van der Waals surface area (Å²) in [5, 5.41) is 4.55. The van der Waals surface area contributed by atoms with Crippen LogP contribution in [0.2, 0.25) is 0 Å². The van der Waals surface area contributed by atoms with Gasteiger partial charge in [-0.2, -0.15) is 0 Å². The summed E-state index contributed by atoms with van der Waals surface area (Å²) in [6.45, 7) is 10.00. The summed E-state index contributed by atoms with van der Waals surface area (Å²) in [7, 11) is 3.91. The first-order chi connectivity index (χ1) is 10.5. The van der Waals surface area contributed by atoms with Crippen molar-refractivity contribution < 1.29 is 4.74 Å². The van der Waals surface area contributed by atoms with E-state index in [2.05, 4.69) is 43.0 Å². The molecule has 0 saturated carbocycles. The van der Waals surface area contributed by atoms with Gasteiger partial charge >= 0.3 is 0 Å². The molecule has 124 valence electrons. The minimum atomic E-state index is 0.481. The van der Waals surface area contributed by atoms with E-state index in [1.807, 2.05) is 7.05 Å². The van der Waals surface area contributed by atoms with Crippen LogP contribution in [0.15, 0.2) is 4.99 Å². The molecule has 0 bridgehead atoms. The summed E-state index contributed by atoms with van der Waals surface area (Å²) in [6, 6.07) is 0. The lowest BCUT2D eigenvalue weighted by Gasteiger charge is -2.24. The van der Waals surface area contributed by atoms with E-state index in [0.717, 1.165) is 43.7 Å². The fourth-order valence-corrected chi connectivity index (χ4v) is 3.84. The lowest BCUT2D eigenvalue weighted by molar-refractivity contribution is 0.181. The van der Waals surface area contributed by atoms with Gasteiger partial charge in [-0.15, -0.1) is 11.3 Å². The molecule has 2 heterocycles. The van der Waals surface area contributed by atoms with Gasteiger partial charge < -0.3 is 15.0 Å². The molecule has 1 aliphatic rings. The quantitative estimate of drug-likeness (QED) is 0.668. The fraction of sp³-hybridized carbons (Fsp3) is 0.750. The molecular formula is C16H28N4OS. The number of aliphatic imine (C=N–C) groups is 1. The number of hydrogen-bond donors (Lipinski definition) is 1. The van der Waals surface area contributed by atoms with Crippen molar-refractivity contribution in [2.24, 2.45) is 10.9 Å². The van der Waals surface area contributed by atoms with Gasteiger partial charge in [-0.05, 0) is 19.3 Å². The summed E-state index contributed by atoms with van der Waals surface area (Å²) in [4.78, 5) is 12.6. The molecule has 0 spiro atoms. The Hall–Kier alpha value is -1.14. The maximum Gasteiger partial charge on any atom is 0.193 e. The number of hydrogen-bond acceptors (Lipinski definition) is 4. The fourth-order valence-electron chi connectivity index (χ4n) is 2.82. The second-order valence-corrected chi connectivity index (χ2v) is 7.50. The Labute approximate surface area is 137 Å². The third-order valence-electron chi connectivity index (χ3n) is 3.95.